The molecule has 0 amide bonds. The average molecular weight is 228 g/mol. The maximum absolute atomic E-state index is 12.1. The summed E-state index contributed by atoms with van der Waals surface area (Å²) in [6.45, 7) is 6.10. The monoisotopic (exact) mass is 228 g/mol. The van der Waals surface area contributed by atoms with Crippen molar-refractivity contribution in [2.24, 2.45) is 0 Å². The molecule has 0 radical (unpaired) electrons. The number of ketones is 1. The van der Waals surface area contributed by atoms with E-state index in [1.54, 1.807) is 0 Å². The summed E-state index contributed by atoms with van der Waals surface area (Å²) in [5.41, 5.74) is 3.83. The van der Waals surface area contributed by atoms with E-state index in [4.69, 9.17) is 0 Å². The molecule has 80 valence electrons. The predicted molar refractivity (Wildman–Crippen MR) is 69.1 cm³/mol. The van der Waals surface area contributed by atoms with Crippen molar-refractivity contribution >= 4 is 28.0 Å². The molecule has 1 unspecified atom stereocenters. The molecular weight excluding hydrogens is 216 g/mol. The van der Waals surface area contributed by atoms with Gasteiger partial charge in [0.25, 0.3) is 0 Å². The van der Waals surface area contributed by atoms with Crippen LogP contribution in [0.25, 0.3) is 10.5 Å². The Bertz CT molecular complexity index is 539. The molecule has 0 saturated carbocycles. The van der Waals surface area contributed by atoms with Gasteiger partial charge in [0, 0.05) is 21.3 Å². The average Bonchev–Trinajstić information content (AvgIpc) is 2.68. The number of carbonyl (C=O) groups excluding carboxylic acids is 1. The van der Waals surface area contributed by atoms with Crippen LogP contribution in [0.4, 0.5) is 0 Å². The van der Waals surface area contributed by atoms with Gasteiger partial charge in [-0.3, -0.25) is 4.79 Å². The van der Waals surface area contributed by atoms with Crippen molar-refractivity contribution in [1.82, 2.24) is 0 Å². The molecule has 3 rings (SSSR count). The number of rotatable bonds is 0. The normalized spacial score (nSPS) is 23.4. The lowest BCUT2D eigenvalue weighted by Gasteiger charge is -2.18. The molecule has 2 aliphatic rings. The molecule has 0 N–H and O–H groups in total. The highest BCUT2D eigenvalue weighted by molar-refractivity contribution is 8.09. The molecule has 2 heteroatoms. The van der Waals surface area contributed by atoms with Crippen LogP contribution in [0.3, 0.4) is 0 Å². The summed E-state index contributed by atoms with van der Waals surface area (Å²) in [4.78, 5) is 13.3. The minimum Gasteiger partial charge on any atom is -0.289 e. The van der Waals surface area contributed by atoms with Gasteiger partial charge in [0.15, 0.2) is 5.78 Å². The molecule has 1 nitrogen and oxygen atoms in total. The van der Waals surface area contributed by atoms with Gasteiger partial charge in [-0.05, 0) is 17.5 Å². The molecule has 1 atom stereocenters. The molecule has 1 aromatic carbocycles. The highest BCUT2D eigenvalue weighted by Crippen LogP contribution is 2.49. The number of hydrogen-bond acceptors (Lipinski definition) is 2. The summed E-state index contributed by atoms with van der Waals surface area (Å²) in [6, 6.07) is 8.07. The lowest BCUT2D eigenvalue weighted by molar-refractivity contribution is -0.110. The van der Waals surface area contributed by atoms with Crippen LogP contribution in [0.1, 0.15) is 24.5 Å². The van der Waals surface area contributed by atoms with Crippen LogP contribution < -0.4 is 0 Å². The Morgan fingerprint density at radius 1 is 1.31 bits per heavy atom. The van der Waals surface area contributed by atoms with Gasteiger partial charge in [0.05, 0.1) is 0 Å². The number of Topliss-reactive ketones (excluding diaryl/α,β-unsaturated/α-hetero) is 1. The van der Waals surface area contributed by atoms with Gasteiger partial charge in [0.1, 0.15) is 0 Å². The SMILES string of the molecule is C=C1C(=O)C2=C(SC(C)C2)c2ccccc21. The lowest BCUT2D eigenvalue weighted by Crippen LogP contribution is -2.11. The minimum absolute atomic E-state index is 0.144. The van der Waals surface area contributed by atoms with E-state index in [0.29, 0.717) is 10.8 Å². The van der Waals surface area contributed by atoms with E-state index >= 15 is 0 Å². The zero-order valence-corrected chi connectivity index (χ0v) is 9.93. The van der Waals surface area contributed by atoms with E-state index in [1.165, 1.54) is 10.5 Å². The van der Waals surface area contributed by atoms with Crippen molar-refractivity contribution in [2.45, 2.75) is 18.6 Å². The first-order valence-corrected chi connectivity index (χ1v) is 6.29. The zero-order valence-electron chi connectivity index (χ0n) is 9.12. The second kappa shape index (κ2) is 3.36. The Balaban J connectivity index is 2.26. The highest BCUT2D eigenvalue weighted by Gasteiger charge is 2.34. The number of allylic oxidation sites excluding steroid dienone is 2. The summed E-state index contributed by atoms with van der Waals surface area (Å²) in [7, 11) is 0. The second-order valence-electron chi connectivity index (χ2n) is 4.29. The van der Waals surface area contributed by atoms with Gasteiger partial charge >= 0.3 is 0 Å². The summed E-state index contributed by atoms with van der Waals surface area (Å²) in [5, 5.41) is 0.507. The third-order valence-electron chi connectivity index (χ3n) is 3.13. The topological polar surface area (TPSA) is 17.1 Å². The largest absolute Gasteiger partial charge is 0.289 e. The molecule has 0 spiro atoms. The van der Waals surface area contributed by atoms with Gasteiger partial charge in [-0.2, -0.15) is 0 Å². The number of hydrogen-bond donors (Lipinski definition) is 0. The molecule has 1 heterocycles. The van der Waals surface area contributed by atoms with Gasteiger partial charge in [-0.25, -0.2) is 0 Å². The first-order chi connectivity index (χ1) is 7.68. The Labute approximate surface area is 99.2 Å². The molecule has 0 bridgehead atoms. The van der Waals surface area contributed by atoms with Crippen molar-refractivity contribution in [1.29, 1.82) is 0 Å². The summed E-state index contributed by atoms with van der Waals surface area (Å²) >= 11 is 1.82. The maximum Gasteiger partial charge on any atom is 0.190 e. The molecule has 0 aromatic heterocycles. The summed E-state index contributed by atoms with van der Waals surface area (Å²) in [5.74, 6) is 0.144. The molecular formula is C14H12OS. The Kier molecular flexibility index (Phi) is 2.08. The van der Waals surface area contributed by atoms with Crippen molar-refractivity contribution < 1.29 is 4.79 Å². The third-order valence-corrected chi connectivity index (χ3v) is 4.40. The molecule has 1 aliphatic heterocycles. The van der Waals surface area contributed by atoms with E-state index < -0.39 is 0 Å². The van der Waals surface area contributed by atoms with E-state index in [-0.39, 0.29) is 5.78 Å². The van der Waals surface area contributed by atoms with Crippen LogP contribution in [0.2, 0.25) is 0 Å². The maximum atomic E-state index is 12.1. The van der Waals surface area contributed by atoms with Crippen LogP contribution >= 0.6 is 11.8 Å². The molecule has 1 aromatic rings. The lowest BCUT2D eigenvalue weighted by atomic mass is 9.86. The zero-order chi connectivity index (χ0) is 11.3. The molecule has 16 heavy (non-hydrogen) atoms. The second-order valence-corrected chi connectivity index (χ2v) is 5.74. The van der Waals surface area contributed by atoms with Gasteiger partial charge in [-0.15, -0.1) is 11.8 Å². The predicted octanol–water partition coefficient (Wildman–Crippen LogP) is 3.52. The Morgan fingerprint density at radius 2 is 2.00 bits per heavy atom. The standard InChI is InChI=1S/C14H12OS/c1-8-7-12-13(15)9(2)10-5-3-4-6-11(10)14(12)16-8/h3-6,8H,2,7H2,1H3. The number of carbonyl (C=O) groups is 1. The third kappa shape index (κ3) is 1.23. The Hall–Kier alpha value is -1.28. The number of fused-ring (bicyclic) bond motifs is 2. The van der Waals surface area contributed by atoms with E-state index in [2.05, 4.69) is 19.6 Å². The van der Waals surface area contributed by atoms with E-state index in [1.807, 2.05) is 30.0 Å². The van der Waals surface area contributed by atoms with Crippen molar-refractivity contribution in [3.63, 3.8) is 0 Å². The van der Waals surface area contributed by atoms with Crippen LogP contribution in [0.5, 0.6) is 0 Å². The van der Waals surface area contributed by atoms with Gasteiger partial charge in [0.2, 0.25) is 0 Å². The van der Waals surface area contributed by atoms with Crippen LogP contribution in [-0.2, 0) is 4.79 Å². The highest BCUT2D eigenvalue weighted by atomic mass is 32.2. The Morgan fingerprint density at radius 3 is 2.75 bits per heavy atom. The van der Waals surface area contributed by atoms with Gasteiger partial charge < -0.3 is 0 Å². The van der Waals surface area contributed by atoms with E-state index in [9.17, 15) is 4.79 Å². The van der Waals surface area contributed by atoms with Gasteiger partial charge in [-0.1, -0.05) is 37.8 Å². The van der Waals surface area contributed by atoms with Crippen LogP contribution in [0, 0.1) is 0 Å². The van der Waals surface area contributed by atoms with E-state index in [0.717, 1.165) is 17.6 Å². The van der Waals surface area contributed by atoms with Crippen molar-refractivity contribution in [3.8, 4) is 0 Å². The van der Waals surface area contributed by atoms with Crippen LogP contribution in [-0.4, -0.2) is 11.0 Å². The first-order valence-electron chi connectivity index (χ1n) is 5.41. The molecule has 0 fully saturated rings. The number of thioether (sulfide) groups is 1. The van der Waals surface area contributed by atoms with Crippen molar-refractivity contribution in [3.05, 3.63) is 47.5 Å². The smallest absolute Gasteiger partial charge is 0.190 e. The first kappa shape index (κ1) is 9.91. The fraction of sp³-hybridized carbons (Fsp3) is 0.214. The summed E-state index contributed by atoms with van der Waals surface area (Å²) < 4.78 is 0. The molecule has 0 saturated heterocycles. The quantitative estimate of drug-likeness (QED) is 0.632. The van der Waals surface area contributed by atoms with Crippen molar-refractivity contribution in [2.75, 3.05) is 0 Å². The fourth-order valence-corrected chi connectivity index (χ4v) is 3.64. The summed E-state index contributed by atoms with van der Waals surface area (Å²) in [6.07, 6.45) is 0.881. The number of benzene rings is 1. The fourth-order valence-electron chi connectivity index (χ4n) is 2.36. The molecule has 1 aliphatic carbocycles. The van der Waals surface area contributed by atoms with Crippen LogP contribution in [0.15, 0.2) is 36.4 Å². The minimum atomic E-state index is 0.144.